The largest absolute Gasteiger partial charge is 0.350 e. The van der Waals surface area contributed by atoms with Gasteiger partial charge >= 0.3 is 0 Å². The van der Waals surface area contributed by atoms with Crippen LogP contribution >= 0.6 is 15.9 Å². The van der Waals surface area contributed by atoms with E-state index in [9.17, 15) is 9.59 Å². The highest BCUT2D eigenvalue weighted by Gasteiger charge is 2.10. The fourth-order valence-electron chi connectivity index (χ4n) is 1.74. The molecule has 1 N–H and O–H groups in total. The van der Waals surface area contributed by atoms with Crippen molar-refractivity contribution in [3.8, 4) is 0 Å². The van der Waals surface area contributed by atoms with E-state index >= 15 is 0 Å². The molecule has 1 rings (SSSR count). The fourth-order valence-corrected chi connectivity index (χ4v) is 2.21. The maximum atomic E-state index is 11.9. The molecule has 0 saturated carbocycles. The van der Waals surface area contributed by atoms with Crippen LogP contribution in [0.5, 0.6) is 0 Å². The van der Waals surface area contributed by atoms with Gasteiger partial charge in [0.2, 0.25) is 5.91 Å². The van der Waals surface area contributed by atoms with Crippen LogP contribution in [-0.4, -0.2) is 36.3 Å². The molecule has 2 amide bonds. The first-order valence-corrected chi connectivity index (χ1v) is 7.13. The van der Waals surface area contributed by atoms with Crippen LogP contribution in [0.4, 0.5) is 0 Å². The molecular formula is C14H19BrN2O2. The van der Waals surface area contributed by atoms with E-state index in [-0.39, 0.29) is 11.8 Å². The SMILES string of the molecule is CCCN(CCNC(=O)c1ccccc1Br)C(C)=O. The van der Waals surface area contributed by atoms with Gasteiger partial charge in [-0.1, -0.05) is 19.1 Å². The lowest BCUT2D eigenvalue weighted by Crippen LogP contribution is -2.37. The Morgan fingerprint density at radius 3 is 2.53 bits per heavy atom. The van der Waals surface area contributed by atoms with Crippen LogP contribution < -0.4 is 5.32 Å². The van der Waals surface area contributed by atoms with Crippen molar-refractivity contribution < 1.29 is 9.59 Å². The predicted molar refractivity (Wildman–Crippen MR) is 79.0 cm³/mol. The standard InChI is InChI=1S/C14H19BrN2O2/c1-3-9-17(11(2)18)10-8-16-14(19)12-6-4-5-7-13(12)15/h4-7H,3,8-10H2,1-2H3,(H,16,19). The van der Waals surface area contributed by atoms with Gasteiger partial charge in [0.05, 0.1) is 5.56 Å². The number of carbonyl (C=O) groups excluding carboxylic acids is 2. The molecule has 0 fully saturated rings. The van der Waals surface area contributed by atoms with Crippen molar-refractivity contribution >= 4 is 27.7 Å². The van der Waals surface area contributed by atoms with Crippen molar-refractivity contribution in [3.05, 3.63) is 34.3 Å². The summed E-state index contributed by atoms with van der Waals surface area (Å²) in [5, 5.41) is 2.82. The molecule has 0 radical (unpaired) electrons. The Morgan fingerprint density at radius 1 is 1.26 bits per heavy atom. The van der Waals surface area contributed by atoms with E-state index in [0.29, 0.717) is 18.7 Å². The number of nitrogens with zero attached hydrogens (tertiary/aromatic N) is 1. The minimum absolute atomic E-state index is 0.0389. The Balaban J connectivity index is 2.47. The topological polar surface area (TPSA) is 49.4 Å². The maximum absolute atomic E-state index is 11.9. The molecule has 104 valence electrons. The van der Waals surface area contributed by atoms with Gasteiger partial charge in [0.15, 0.2) is 0 Å². The Morgan fingerprint density at radius 2 is 1.95 bits per heavy atom. The number of halogens is 1. The molecule has 1 aromatic carbocycles. The molecule has 19 heavy (non-hydrogen) atoms. The summed E-state index contributed by atoms with van der Waals surface area (Å²) in [7, 11) is 0. The Kier molecular flexibility index (Phi) is 6.56. The number of hydrogen-bond donors (Lipinski definition) is 1. The Labute approximate surface area is 122 Å². The molecule has 4 nitrogen and oxygen atoms in total. The van der Waals surface area contributed by atoms with E-state index in [0.717, 1.165) is 17.4 Å². The molecular weight excluding hydrogens is 308 g/mol. The second-order valence-corrected chi connectivity index (χ2v) is 5.10. The predicted octanol–water partition coefficient (Wildman–Crippen LogP) is 2.44. The van der Waals surface area contributed by atoms with Crippen molar-refractivity contribution in [3.63, 3.8) is 0 Å². The molecule has 0 saturated heterocycles. The fraction of sp³-hybridized carbons (Fsp3) is 0.429. The minimum Gasteiger partial charge on any atom is -0.350 e. The average molecular weight is 327 g/mol. The van der Waals surface area contributed by atoms with Crippen molar-refractivity contribution in [2.24, 2.45) is 0 Å². The van der Waals surface area contributed by atoms with Crippen molar-refractivity contribution in [1.29, 1.82) is 0 Å². The number of benzene rings is 1. The van der Waals surface area contributed by atoms with Crippen LogP contribution in [0.3, 0.4) is 0 Å². The molecule has 0 spiro atoms. The lowest BCUT2D eigenvalue weighted by Gasteiger charge is -2.20. The number of amides is 2. The number of carbonyl (C=O) groups is 2. The summed E-state index contributed by atoms with van der Waals surface area (Å²) in [6.45, 7) is 5.29. The lowest BCUT2D eigenvalue weighted by molar-refractivity contribution is -0.128. The highest BCUT2D eigenvalue weighted by Crippen LogP contribution is 2.15. The van der Waals surface area contributed by atoms with E-state index < -0.39 is 0 Å². The van der Waals surface area contributed by atoms with Gasteiger partial charge in [-0.2, -0.15) is 0 Å². The third-order valence-corrected chi connectivity index (χ3v) is 3.42. The summed E-state index contributed by atoms with van der Waals surface area (Å²) in [5.41, 5.74) is 0.604. The van der Waals surface area contributed by atoms with E-state index in [1.165, 1.54) is 0 Å². The van der Waals surface area contributed by atoms with E-state index in [1.807, 2.05) is 25.1 Å². The highest BCUT2D eigenvalue weighted by molar-refractivity contribution is 9.10. The molecule has 0 aromatic heterocycles. The molecule has 0 aliphatic carbocycles. The summed E-state index contributed by atoms with van der Waals surface area (Å²) in [5.74, 6) is -0.0931. The van der Waals surface area contributed by atoms with Gasteiger partial charge in [0, 0.05) is 31.0 Å². The first-order valence-electron chi connectivity index (χ1n) is 6.34. The number of rotatable bonds is 6. The van der Waals surface area contributed by atoms with Crippen LogP contribution in [0.25, 0.3) is 0 Å². The monoisotopic (exact) mass is 326 g/mol. The second-order valence-electron chi connectivity index (χ2n) is 4.24. The number of hydrogen-bond acceptors (Lipinski definition) is 2. The smallest absolute Gasteiger partial charge is 0.252 e. The lowest BCUT2D eigenvalue weighted by atomic mass is 10.2. The molecule has 5 heteroatoms. The van der Waals surface area contributed by atoms with E-state index in [1.54, 1.807) is 17.9 Å². The van der Waals surface area contributed by atoms with Gasteiger partial charge in [-0.3, -0.25) is 9.59 Å². The van der Waals surface area contributed by atoms with Gasteiger partial charge in [0.1, 0.15) is 0 Å². The average Bonchev–Trinajstić information content (AvgIpc) is 2.37. The van der Waals surface area contributed by atoms with Crippen LogP contribution in [-0.2, 0) is 4.79 Å². The van der Waals surface area contributed by atoms with Crippen LogP contribution in [0.2, 0.25) is 0 Å². The third kappa shape index (κ3) is 5.03. The Hall–Kier alpha value is -1.36. The van der Waals surface area contributed by atoms with Gasteiger partial charge in [-0.15, -0.1) is 0 Å². The summed E-state index contributed by atoms with van der Waals surface area (Å²) < 4.78 is 0.768. The van der Waals surface area contributed by atoms with E-state index in [2.05, 4.69) is 21.2 Å². The second kappa shape index (κ2) is 7.94. The summed E-state index contributed by atoms with van der Waals surface area (Å²) in [4.78, 5) is 25.0. The van der Waals surface area contributed by atoms with Crippen molar-refractivity contribution in [2.75, 3.05) is 19.6 Å². The summed E-state index contributed by atoms with van der Waals surface area (Å²) in [6, 6.07) is 7.26. The minimum atomic E-state index is -0.132. The third-order valence-electron chi connectivity index (χ3n) is 2.72. The summed E-state index contributed by atoms with van der Waals surface area (Å²) in [6.07, 6.45) is 0.914. The molecule has 0 unspecified atom stereocenters. The molecule has 1 aromatic rings. The maximum Gasteiger partial charge on any atom is 0.252 e. The van der Waals surface area contributed by atoms with Crippen LogP contribution in [0.1, 0.15) is 30.6 Å². The van der Waals surface area contributed by atoms with Crippen LogP contribution in [0.15, 0.2) is 28.7 Å². The van der Waals surface area contributed by atoms with Gasteiger partial charge < -0.3 is 10.2 Å². The zero-order chi connectivity index (χ0) is 14.3. The van der Waals surface area contributed by atoms with Crippen molar-refractivity contribution in [1.82, 2.24) is 10.2 Å². The first kappa shape index (κ1) is 15.7. The van der Waals surface area contributed by atoms with Crippen molar-refractivity contribution in [2.45, 2.75) is 20.3 Å². The number of nitrogens with one attached hydrogen (secondary N) is 1. The van der Waals surface area contributed by atoms with Crippen LogP contribution in [0, 0.1) is 0 Å². The normalized spacial score (nSPS) is 10.1. The van der Waals surface area contributed by atoms with Gasteiger partial charge in [0.25, 0.3) is 5.91 Å². The van der Waals surface area contributed by atoms with Gasteiger partial charge in [-0.05, 0) is 34.5 Å². The molecule has 0 aliphatic heterocycles. The highest BCUT2D eigenvalue weighted by atomic mass is 79.9. The summed E-state index contributed by atoms with van der Waals surface area (Å²) >= 11 is 3.34. The zero-order valence-electron chi connectivity index (χ0n) is 11.3. The first-order chi connectivity index (χ1) is 9.06. The zero-order valence-corrected chi connectivity index (χ0v) is 12.9. The van der Waals surface area contributed by atoms with E-state index in [4.69, 9.17) is 0 Å². The quantitative estimate of drug-likeness (QED) is 0.872. The van der Waals surface area contributed by atoms with Gasteiger partial charge in [-0.25, -0.2) is 0 Å². The Bertz CT molecular complexity index is 449. The molecule has 0 bridgehead atoms. The molecule has 0 atom stereocenters. The molecule has 0 aliphatic rings. The molecule has 0 heterocycles.